The van der Waals surface area contributed by atoms with Gasteiger partial charge in [-0.3, -0.25) is 9.58 Å². The minimum Gasteiger partial charge on any atom is -0.330 e. The lowest BCUT2D eigenvalue weighted by Crippen LogP contribution is -2.37. The first-order valence-corrected chi connectivity index (χ1v) is 6.64. The van der Waals surface area contributed by atoms with Crippen LogP contribution in [-0.4, -0.2) is 34.3 Å². The Labute approximate surface area is 116 Å². The van der Waals surface area contributed by atoms with Gasteiger partial charge in [-0.05, 0) is 45.7 Å². The molecule has 0 aromatic carbocycles. The van der Waals surface area contributed by atoms with Gasteiger partial charge in [0.25, 0.3) is 0 Å². The van der Waals surface area contributed by atoms with Gasteiger partial charge in [-0.25, -0.2) is 0 Å². The fourth-order valence-electron chi connectivity index (χ4n) is 2.49. The maximum Gasteiger partial charge on any atom is 0.0534 e. The zero-order valence-corrected chi connectivity index (χ0v) is 12.2. The van der Waals surface area contributed by atoms with E-state index in [2.05, 4.69) is 30.0 Å². The van der Waals surface area contributed by atoms with Crippen LogP contribution < -0.4 is 5.73 Å². The van der Waals surface area contributed by atoms with Gasteiger partial charge in [-0.15, -0.1) is 12.4 Å². The van der Waals surface area contributed by atoms with Gasteiger partial charge in [0.1, 0.15) is 0 Å². The topological polar surface area (TPSA) is 47.1 Å². The number of rotatable bonds is 4. The summed E-state index contributed by atoms with van der Waals surface area (Å²) >= 11 is 0. The molecule has 0 bridgehead atoms. The molecule has 4 nitrogen and oxygen atoms in total. The van der Waals surface area contributed by atoms with Crippen LogP contribution in [0.5, 0.6) is 0 Å². The maximum absolute atomic E-state index is 5.76. The van der Waals surface area contributed by atoms with Crippen LogP contribution in [-0.2, 0) is 6.54 Å². The molecule has 1 aliphatic heterocycles. The summed E-state index contributed by atoms with van der Waals surface area (Å²) in [5.41, 5.74) is 7.08. The van der Waals surface area contributed by atoms with E-state index in [1.54, 1.807) is 0 Å². The van der Waals surface area contributed by atoms with Crippen LogP contribution in [0.3, 0.4) is 0 Å². The van der Waals surface area contributed by atoms with E-state index in [1.807, 2.05) is 10.9 Å². The normalized spacial score (nSPS) is 21.0. The molecule has 1 unspecified atom stereocenters. The number of nitrogens with zero attached hydrogens (tertiary/aromatic N) is 3. The van der Waals surface area contributed by atoms with E-state index in [0.717, 1.165) is 19.6 Å². The molecule has 5 heteroatoms. The highest BCUT2D eigenvalue weighted by Crippen LogP contribution is 2.17. The van der Waals surface area contributed by atoms with Gasteiger partial charge >= 0.3 is 0 Å². The molecule has 0 radical (unpaired) electrons. The largest absolute Gasteiger partial charge is 0.330 e. The Morgan fingerprint density at radius 3 is 2.89 bits per heavy atom. The predicted molar refractivity (Wildman–Crippen MR) is 76.9 cm³/mol. The van der Waals surface area contributed by atoms with Gasteiger partial charge in [-0.1, -0.05) is 0 Å². The third-order valence-corrected chi connectivity index (χ3v) is 3.53. The van der Waals surface area contributed by atoms with Crippen molar-refractivity contribution in [3.63, 3.8) is 0 Å². The Hall–Kier alpha value is -0.580. The monoisotopic (exact) mass is 272 g/mol. The number of hydrogen-bond donors (Lipinski definition) is 1. The zero-order valence-electron chi connectivity index (χ0n) is 11.4. The van der Waals surface area contributed by atoms with Crippen molar-refractivity contribution in [1.82, 2.24) is 14.7 Å². The highest BCUT2D eigenvalue weighted by atomic mass is 35.5. The number of aromatic nitrogens is 2. The SMILES string of the molecule is CC(C)n1cc(CN2CCCC(CN)C2)cn1.Cl. The summed E-state index contributed by atoms with van der Waals surface area (Å²) in [6.07, 6.45) is 6.72. The van der Waals surface area contributed by atoms with Crippen LogP contribution in [0.4, 0.5) is 0 Å². The summed E-state index contributed by atoms with van der Waals surface area (Å²) in [6.45, 7) is 8.49. The van der Waals surface area contributed by atoms with Crippen molar-refractivity contribution in [1.29, 1.82) is 0 Å². The van der Waals surface area contributed by atoms with Crippen molar-refractivity contribution in [3.05, 3.63) is 18.0 Å². The fraction of sp³-hybridized carbons (Fsp3) is 0.769. The molecule has 1 atom stereocenters. The van der Waals surface area contributed by atoms with Crippen molar-refractivity contribution in [2.45, 2.75) is 39.3 Å². The van der Waals surface area contributed by atoms with E-state index >= 15 is 0 Å². The minimum atomic E-state index is 0. The van der Waals surface area contributed by atoms with Crippen LogP contribution in [0.1, 0.15) is 38.3 Å². The lowest BCUT2D eigenvalue weighted by Gasteiger charge is -2.31. The van der Waals surface area contributed by atoms with Crippen molar-refractivity contribution < 1.29 is 0 Å². The second-order valence-electron chi connectivity index (χ2n) is 5.40. The Morgan fingerprint density at radius 2 is 2.28 bits per heavy atom. The van der Waals surface area contributed by atoms with Gasteiger partial charge in [0, 0.05) is 30.9 Å². The standard InChI is InChI=1S/C13H24N4.ClH/c1-11(2)17-10-13(7-15-17)9-16-5-3-4-12(6-14)8-16;/h7,10-12H,3-6,8-9,14H2,1-2H3;1H. The molecule has 0 spiro atoms. The van der Waals surface area contributed by atoms with Crippen molar-refractivity contribution in [2.75, 3.05) is 19.6 Å². The van der Waals surface area contributed by atoms with Gasteiger partial charge < -0.3 is 5.73 Å². The second kappa shape index (κ2) is 7.12. The summed E-state index contributed by atoms with van der Waals surface area (Å²) in [6, 6.07) is 0.446. The quantitative estimate of drug-likeness (QED) is 0.913. The summed E-state index contributed by atoms with van der Waals surface area (Å²) < 4.78 is 2.03. The van der Waals surface area contributed by atoms with Crippen LogP contribution in [0, 0.1) is 5.92 Å². The van der Waals surface area contributed by atoms with Crippen LogP contribution >= 0.6 is 12.4 Å². The van der Waals surface area contributed by atoms with E-state index in [4.69, 9.17) is 5.73 Å². The molecule has 2 heterocycles. The molecule has 2 N–H and O–H groups in total. The average Bonchev–Trinajstić information content (AvgIpc) is 2.78. The number of halogens is 1. The number of hydrogen-bond acceptors (Lipinski definition) is 3. The smallest absolute Gasteiger partial charge is 0.0534 e. The molecule has 0 aliphatic carbocycles. The summed E-state index contributed by atoms with van der Waals surface area (Å²) in [5.74, 6) is 0.684. The molecule has 1 fully saturated rings. The first kappa shape index (κ1) is 15.5. The van der Waals surface area contributed by atoms with Crippen molar-refractivity contribution in [2.24, 2.45) is 11.7 Å². The molecule has 2 rings (SSSR count). The number of piperidine rings is 1. The van der Waals surface area contributed by atoms with E-state index in [0.29, 0.717) is 12.0 Å². The molecule has 0 amide bonds. The fourth-order valence-corrected chi connectivity index (χ4v) is 2.49. The van der Waals surface area contributed by atoms with Crippen LogP contribution in [0.25, 0.3) is 0 Å². The average molecular weight is 273 g/mol. The first-order valence-electron chi connectivity index (χ1n) is 6.64. The molecular weight excluding hydrogens is 248 g/mol. The van der Waals surface area contributed by atoms with E-state index in [9.17, 15) is 0 Å². The molecule has 1 aromatic heterocycles. The van der Waals surface area contributed by atoms with Crippen LogP contribution in [0.15, 0.2) is 12.4 Å². The molecule has 104 valence electrons. The lowest BCUT2D eigenvalue weighted by atomic mass is 9.98. The molecule has 1 saturated heterocycles. The second-order valence-corrected chi connectivity index (χ2v) is 5.40. The Balaban J connectivity index is 0.00000162. The van der Waals surface area contributed by atoms with E-state index < -0.39 is 0 Å². The summed E-state index contributed by atoms with van der Waals surface area (Å²) in [7, 11) is 0. The van der Waals surface area contributed by atoms with Crippen molar-refractivity contribution in [3.8, 4) is 0 Å². The zero-order chi connectivity index (χ0) is 12.3. The Bertz CT molecular complexity index is 351. The molecular formula is C13H25ClN4. The van der Waals surface area contributed by atoms with E-state index in [-0.39, 0.29) is 12.4 Å². The Morgan fingerprint density at radius 1 is 1.50 bits per heavy atom. The van der Waals surface area contributed by atoms with Gasteiger partial charge in [0.15, 0.2) is 0 Å². The van der Waals surface area contributed by atoms with Gasteiger partial charge in [0.2, 0.25) is 0 Å². The van der Waals surface area contributed by atoms with Gasteiger partial charge in [0.05, 0.1) is 6.20 Å². The third-order valence-electron chi connectivity index (χ3n) is 3.53. The van der Waals surface area contributed by atoms with Crippen molar-refractivity contribution >= 4 is 12.4 Å². The molecule has 1 aromatic rings. The maximum atomic E-state index is 5.76. The van der Waals surface area contributed by atoms with E-state index in [1.165, 1.54) is 24.9 Å². The lowest BCUT2D eigenvalue weighted by molar-refractivity contribution is 0.171. The van der Waals surface area contributed by atoms with Crippen LogP contribution in [0.2, 0.25) is 0 Å². The minimum absolute atomic E-state index is 0. The highest BCUT2D eigenvalue weighted by Gasteiger charge is 2.19. The molecule has 18 heavy (non-hydrogen) atoms. The summed E-state index contributed by atoms with van der Waals surface area (Å²) in [4.78, 5) is 2.50. The third kappa shape index (κ3) is 3.97. The molecule has 0 saturated carbocycles. The predicted octanol–water partition coefficient (Wildman–Crippen LogP) is 2.06. The number of nitrogens with two attached hydrogens (primary N) is 1. The molecule has 1 aliphatic rings. The first-order chi connectivity index (χ1) is 8.19. The highest BCUT2D eigenvalue weighted by molar-refractivity contribution is 5.85. The Kier molecular flexibility index (Phi) is 6.12. The number of likely N-dealkylation sites (tertiary alicyclic amines) is 1. The summed E-state index contributed by atoms with van der Waals surface area (Å²) in [5, 5.41) is 4.39. The van der Waals surface area contributed by atoms with Gasteiger partial charge in [-0.2, -0.15) is 5.10 Å².